The highest BCUT2D eigenvalue weighted by Crippen LogP contribution is 2.19. The molecule has 0 bridgehead atoms. The third-order valence-corrected chi connectivity index (χ3v) is 1.85. The molecule has 0 nitrogen and oxygen atoms in total. The van der Waals surface area contributed by atoms with Gasteiger partial charge in [-0.25, -0.2) is 0 Å². The van der Waals surface area contributed by atoms with Gasteiger partial charge in [-0.1, -0.05) is 11.6 Å². The van der Waals surface area contributed by atoms with Crippen molar-refractivity contribution in [2.75, 3.05) is 0 Å². The molecule has 1 rings (SSSR count). The minimum Gasteiger partial charge on any atom is -0.129 e. The lowest BCUT2D eigenvalue weighted by molar-refractivity contribution is 1.64. The lowest BCUT2D eigenvalue weighted by Gasteiger charge is -1.69. The van der Waals surface area contributed by atoms with Crippen molar-refractivity contribution >= 4 is 22.9 Å². The monoisotopic (exact) mass is 132 g/mol. The van der Waals surface area contributed by atoms with Crippen molar-refractivity contribution in [3.05, 3.63) is 21.3 Å². The van der Waals surface area contributed by atoms with Gasteiger partial charge in [0.15, 0.2) is 0 Å². The summed E-state index contributed by atoms with van der Waals surface area (Å²) in [6.45, 7) is 2.04. The van der Waals surface area contributed by atoms with E-state index in [1.165, 1.54) is 4.88 Å². The Hall–Kier alpha value is -0.0100. The second kappa shape index (κ2) is 1.85. The largest absolute Gasteiger partial charge is 0.129 e. The van der Waals surface area contributed by atoms with Crippen molar-refractivity contribution in [3.8, 4) is 0 Å². The summed E-state index contributed by atoms with van der Waals surface area (Å²) in [5.74, 6) is 0. The fourth-order valence-electron chi connectivity index (χ4n) is 0.405. The Morgan fingerprint density at radius 1 is 1.57 bits per heavy atom. The van der Waals surface area contributed by atoms with Gasteiger partial charge < -0.3 is 0 Å². The molecule has 0 amide bonds. The Bertz CT molecular complexity index is 140. The van der Waals surface area contributed by atoms with Crippen molar-refractivity contribution < 1.29 is 0 Å². The molecule has 0 N–H and O–H groups in total. The summed E-state index contributed by atoms with van der Waals surface area (Å²) in [5, 5.41) is 0. The van der Waals surface area contributed by atoms with Gasteiger partial charge in [0.05, 0.1) is 4.34 Å². The normalized spacial score (nSPS) is 9.43. The highest BCUT2D eigenvalue weighted by atomic mass is 35.5. The third kappa shape index (κ3) is 1.18. The zero-order valence-corrected chi connectivity index (χ0v) is 5.51. The number of thiophene rings is 1. The molecule has 2 heteroatoms. The fraction of sp³-hybridized carbons (Fsp3) is 0.200. The van der Waals surface area contributed by atoms with Crippen LogP contribution in [0.15, 0.2) is 12.1 Å². The molecule has 0 aliphatic rings. The van der Waals surface area contributed by atoms with Crippen LogP contribution in [0.3, 0.4) is 0 Å². The number of hydrogen-bond donors (Lipinski definition) is 0. The topological polar surface area (TPSA) is 0 Å². The smallest absolute Gasteiger partial charge is 0.0931 e. The Morgan fingerprint density at radius 2 is 2.29 bits per heavy atom. The zero-order chi connectivity index (χ0) is 5.28. The molecule has 0 atom stereocenters. The van der Waals surface area contributed by atoms with Crippen molar-refractivity contribution in [1.29, 1.82) is 0 Å². The van der Waals surface area contributed by atoms with E-state index in [0.29, 0.717) is 0 Å². The molecule has 1 heterocycles. The predicted molar refractivity (Wildman–Crippen MR) is 34.1 cm³/mol. The maximum absolute atomic E-state index is 5.58. The van der Waals surface area contributed by atoms with Crippen LogP contribution in [0.2, 0.25) is 4.34 Å². The quantitative estimate of drug-likeness (QED) is 0.509. The van der Waals surface area contributed by atoms with Gasteiger partial charge in [-0.2, -0.15) is 0 Å². The molecule has 0 aromatic carbocycles. The molecule has 1 aromatic heterocycles. The van der Waals surface area contributed by atoms with Gasteiger partial charge in [0.1, 0.15) is 0 Å². The second-order valence-electron chi connectivity index (χ2n) is 1.35. The summed E-state index contributed by atoms with van der Waals surface area (Å²) in [5.41, 5.74) is 0. The highest BCUT2D eigenvalue weighted by molar-refractivity contribution is 7.16. The Balaban J connectivity index is 3.04. The minimum atomic E-state index is 0.873. The molecular formula is C5H5ClS. The summed E-state index contributed by atoms with van der Waals surface area (Å²) >= 11 is 7.19. The van der Waals surface area contributed by atoms with Crippen LogP contribution in [0.4, 0.5) is 0 Å². The van der Waals surface area contributed by atoms with E-state index < -0.39 is 0 Å². The van der Waals surface area contributed by atoms with Crippen molar-refractivity contribution in [3.63, 3.8) is 0 Å². The SMILES string of the molecule is Cc1ccc(Cl)s1. The molecule has 0 saturated carbocycles. The summed E-state index contributed by atoms with van der Waals surface area (Å²) in [7, 11) is 0. The van der Waals surface area contributed by atoms with Crippen LogP contribution >= 0.6 is 22.9 Å². The standard InChI is InChI=1S/C5H5ClS/c1-4-2-3-5(6)7-4/h2-3H,1H3. The van der Waals surface area contributed by atoms with Gasteiger partial charge in [0.2, 0.25) is 0 Å². The molecule has 0 radical (unpaired) electrons. The van der Waals surface area contributed by atoms with E-state index in [1.54, 1.807) is 11.3 Å². The van der Waals surface area contributed by atoms with E-state index in [0.717, 1.165) is 4.34 Å². The second-order valence-corrected chi connectivity index (χ2v) is 3.27. The third-order valence-electron chi connectivity index (χ3n) is 0.708. The van der Waals surface area contributed by atoms with Crippen LogP contribution < -0.4 is 0 Å². The van der Waals surface area contributed by atoms with Gasteiger partial charge in [0, 0.05) is 4.88 Å². The summed E-state index contributed by atoms with van der Waals surface area (Å²) in [6.07, 6.45) is 0. The van der Waals surface area contributed by atoms with Crippen LogP contribution in [-0.2, 0) is 0 Å². The van der Waals surface area contributed by atoms with Crippen molar-refractivity contribution in [2.24, 2.45) is 0 Å². The average molecular weight is 133 g/mol. The van der Waals surface area contributed by atoms with Crippen LogP contribution in [0.25, 0.3) is 0 Å². The molecule has 7 heavy (non-hydrogen) atoms. The van der Waals surface area contributed by atoms with Gasteiger partial charge in [0.25, 0.3) is 0 Å². The Kier molecular flexibility index (Phi) is 1.35. The minimum absolute atomic E-state index is 0.873. The van der Waals surface area contributed by atoms with Crippen LogP contribution in [-0.4, -0.2) is 0 Å². The van der Waals surface area contributed by atoms with Crippen LogP contribution in [0.5, 0.6) is 0 Å². The first-order chi connectivity index (χ1) is 3.29. The molecule has 0 saturated heterocycles. The molecule has 0 aliphatic heterocycles. The van der Waals surface area contributed by atoms with E-state index >= 15 is 0 Å². The first kappa shape index (κ1) is 5.13. The molecule has 0 unspecified atom stereocenters. The lowest BCUT2D eigenvalue weighted by Crippen LogP contribution is -1.43. The predicted octanol–water partition coefficient (Wildman–Crippen LogP) is 2.71. The molecule has 1 aromatic rings. The maximum atomic E-state index is 5.58. The number of aryl methyl sites for hydroxylation is 1. The number of hydrogen-bond acceptors (Lipinski definition) is 1. The van der Waals surface area contributed by atoms with Gasteiger partial charge in [-0.3, -0.25) is 0 Å². The van der Waals surface area contributed by atoms with E-state index in [1.807, 2.05) is 19.1 Å². The average Bonchev–Trinajstić information content (AvgIpc) is 1.87. The van der Waals surface area contributed by atoms with Gasteiger partial charge >= 0.3 is 0 Å². The van der Waals surface area contributed by atoms with Crippen LogP contribution in [0.1, 0.15) is 4.88 Å². The van der Waals surface area contributed by atoms with Crippen molar-refractivity contribution in [1.82, 2.24) is 0 Å². The molecule has 0 spiro atoms. The van der Waals surface area contributed by atoms with E-state index in [-0.39, 0.29) is 0 Å². The number of rotatable bonds is 0. The molecule has 38 valence electrons. The molecule has 0 fully saturated rings. The van der Waals surface area contributed by atoms with Gasteiger partial charge in [-0.05, 0) is 19.1 Å². The first-order valence-corrected chi connectivity index (χ1v) is 3.20. The van der Waals surface area contributed by atoms with Crippen molar-refractivity contribution in [2.45, 2.75) is 6.92 Å². The summed E-state index contributed by atoms with van der Waals surface area (Å²) < 4.78 is 0.873. The van der Waals surface area contributed by atoms with Crippen LogP contribution in [0, 0.1) is 6.92 Å². The highest BCUT2D eigenvalue weighted by Gasteiger charge is 1.86. The lowest BCUT2D eigenvalue weighted by atomic mass is 10.5. The summed E-state index contributed by atoms with van der Waals surface area (Å²) in [4.78, 5) is 1.27. The van der Waals surface area contributed by atoms with Gasteiger partial charge in [-0.15, -0.1) is 11.3 Å². The molecular weight excluding hydrogens is 128 g/mol. The fourth-order valence-corrected chi connectivity index (χ4v) is 1.41. The molecule has 0 aliphatic carbocycles. The Labute approximate surface area is 51.7 Å². The zero-order valence-electron chi connectivity index (χ0n) is 3.94. The van der Waals surface area contributed by atoms with E-state index in [9.17, 15) is 0 Å². The summed E-state index contributed by atoms with van der Waals surface area (Å²) in [6, 6.07) is 3.91. The number of halogens is 1. The van der Waals surface area contributed by atoms with E-state index in [2.05, 4.69) is 0 Å². The Morgan fingerprint density at radius 3 is 2.43 bits per heavy atom. The maximum Gasteiger partial charge on any atom is 0.0931 e. The first-order valence-electron chi connectivity index (χ1n) is 2.01. The van der Waals surface area contributed by atoms with E-state index in [4.69, 9.17) is 11.6 Å².